The molecule has 1 amide bonds. The van der Waals surface area contributed by atoms with Crippen molar-refractivity contribution in [1.29, 1.82) is 5.26 Å². The molecule has 3 heterocycles. The zero-order valence-electron chi connectivity index (χ0n) is 18.6. The summed E-state index contributed by atoms with van der Waals surface area (Å²) in [6.07, 6.45) is -4.28. The number of ether oxygens (including phenoxy) is 1. The second-order valence-electron chi connectivity index (χ2n) is 9.11. The van der Waals surface area contributed by atoms with Crippen LogP contribution >= 0.6 is 0 Å². The van der Waals surface area contributed by atoms with Crippen LogP contribution in [0.3, 0.4) is 0 Å². The number of alkyl halides is 5. The number of halogens is 5. The van der Waals surface area contributed by atoms with Crippen LogP contribution < -0.4 is 5.32 Å². The van der Waals surface area contributed by atoms with Gasteiger partial charge in [0.2, 0.25) is 5.92 Å². The van der Waals surface area contributed by atoms with Crippen LogP contribution in [0.25, 0.3) is 5.65 Å². The summed E-state index contributed by atoms with van der Waals surface area (Å²) in [6, 6.07) is 3.06. The van der Waals surface area contributed by atoms with Gasteiger partial charge in [0.1, 0.15) is 17.4 Å². The van der Waals surface area contributed by atoms with Crippen LogP contribution in [0, 0.1) is 24.2 Å². The molecule has 2 aromatic rings. The molecule has 1 saturated heterocycles. The van der Waals surface area contributed by atoms with Gasteiger partial charge >= 0.3 is 6.18 Å². The van der Waals surface area contributed by atoms with Crippen molar-refractivity contribution in [3.63, 3.8) is 0 Å². The zero-order chi connectivity index (χ0) is 24.7. The summed E-state index contributed by atoms with van der Waals surface area (Å²) < 4.78 is 75.2. The quantitative estimate of drug-likeness (QED) is 0.632. The van der Waals surface area contributed by atoms with E-state index in [0.29, 0.717) is 26.1 Å². The number of nitrogens with one attached hydrogen (secondary N) is 1. The summed E-state index contributed by atoms with van der Waals surface area (Å²) >= 11 is 0. The topological polar surface area (TPSA) is 79.4 Å². The van der Waals surface area contributed by atoms with Crippen LogP contribution in [0.15, 0.2) is 6.07 Å². The number of hydrogen-bond donors (Lipinski definition) is 1. The highest BCUT2D eigenvalue weighted by Gasteiger charge is 2.41. The van der Waals surface area contributed by atoms with Gasteiger partial charge in [-0.25, -0.2) is 13.8 Å². The number of carbonyl (C=O) groups is 1. The number of imidazole rings is 1. The Morgan fingerprint density at radius 1 is 1.26 bits per heavy atom. The molecule has 34 heavy (non-hydrogen) atoms. The molecule has 0 spiro atoms. The molecule has 184 valence electrons. The molecule has 0 atom stereocenters. The number of hydrogen-bond acceptors (Lipinski definition) is 4. The summed E-state index contributed by atoms with van der Waals surface area (Å²) in [5, 5.41) is 12.7. The van der Waals surface area contributed by atoms with Gasteiger partial charge in [0, 0.05) is 37.7 Å². The molecule has 11 heteroatoms. The Kier molecular flexibility index (Phi) is 6.55. The minimum Gasteiger partial charge on any atom is -0.381 e. The van der Waals surface area contributed by atoms with E-state index in [1.165, 1.54) is 13.0 Å². The van der Waals surface area contributed by atoms with Gasteiger partial charge in [-0.15, -0.1) is 0 Å². The van der Waals surface area contributed by atoms with Gasteiger partial charge in [0.05, 0.1) is 5.69 Å². The molecule has 1 saturated carbocycles. The number of pyridine rings is 1. The summed E-state index contributed by atoms with van der Waals surface area (Å²) in [7, 11) is 0. The van der Waals surface area contributed by atoms with Crippen molar-refractivity contribution >= 4 is 11.6 Å². The van der Waals surface area contributed by atoms with Gasteiger partial charge in [-0.2, -0.15) is 18.4 Å². The monoisotopic (exact) mass is 484 g/mol. The van der Waals surface area contributed by atoms with Crippen molar-refractivity contribution in [1.82, 2.24) is 14.7 Å². The van der Waals surface area contributed by atoms with Crippen molar-refractivity contribution in [2.24, 2.45) is 5.92 Å². The lowest BCUT2D eigenvalue weighted by Gasteiger charge is -2.28. The standard InChI is InChI=1S/C23H25F5N4O2/c1-13-16(21(33)30-15-4-8-34-9-5-15)11-19-31-20(23(26,27)28)17(32(19)18(13)12-29)10-14-2-6-22(24,25)7-3-14/h11,14-15H,2-10H2,1H3,(H,30,33). The Balaban J connectivity index is 1.75. The molecule has 2 aromatic heterocycles. The fourth-order valence-electron chi connectivity index (χ4n) is 4.82. The third-order valence-corrected chi connectivity index (χ3v) is 6.75. The molecule has 6 nitrogen and oxygen atoms in total. The van der Waals surface area contributed by atoms with E-state index in [1.54, 1.807) is 0 Å². The maximum absolute atomic E-state index is 13.9. The molecule has 1 aliphatic carbocycles. The normalized spacial score (nSPS) is 19.8. The van der Waals surface area contributed by atoms with E-state index >= 15 is 0 Å². The maximum atomic E-state index is 13.9. The largest absolute Gasteiger partial charge is 0.435 e. The highest BCUT2D eigenvalue weighted by atomic mass is 19.4. The summed E-state index contributed by atoms with van der Waals surface area (Å²) in [6.45, 7) is 2.51. The van der Waals surface area contributed by atoms with Crippen LogP contribution in [0.2, 0.25) is 0 Å². The SMILES string of the molecule is Cc1c(C(=O)NC2CCOCC2)cc2nc(C(F)(F)F)c(CC3CCC(F)(F)CC3)n2c1C#N. The van der Waals surface area contributed by atoms with Gasteiger partial charge in [-0.3, -0.25) is 9.20 Å². The van der Waals surface area contributed by atoms with E-state index in [1.807, 2.05) is 6.07 Å². The molecule has 1 aliphatic heterocycles. The first-order valence-corrected chi connectivity index (χ1v) is 11.3. The predicted molar refractivity (Wildman–Crippen MR) is 112 cm³/mol. The van der Waals surface area contributed by atoms with Crippen molar-refractivity contribution in [2.75, 3.05) is 13.2 Å². The van der Waals surface area contributed by atoms with Gasteiger partial charge in [0.25, 0.3) is 5.91 Å². The minimum atomic E-state index is -4.80. The van der Waals surface area contributed by atoms with Gasteiger partial charge in [0.15, 0.2) is 5.69 Å². The third kappa shape index (κ3) is 4.87. The molecule has 0 aromatic carbocycles. The van der Waals surface area contributed by atoms with E-state index in [-0.39, 0.29) is 72.2 Å². The minimum absolute atomic E-state index is 0.0816. The number of fused-ring (bicyclic) bond motifs is 1. The summed E-state index contributed by atoms with van der Waals surface area (Å²) in [5.74, 6) is -3.68. The number of nitriles is 1. The lowest BCUT2D eigenvalue weighted by molar-refractivity contribution is -0.141. The van der Waals surface area contributed by atoms with Gasteiger partial charge < -0.3 is 10.1 Å². The first-order valence-electron chi connectivity index (χ1n) is 11.3. The summed E-state index contributed by atoms with van der Waals surface area (Å²) in [4.78, 5) is 16.7. The van der Waals surface area contributed by atoms with Crippen molar-refractivity contribution < 1.29 is 31.5 Å². The van der Waals surface area contributed by atoms with Crippen LogP contribution in [-0.2, 0) is 17.3 Å². The van der Waals surface area contributed by atoms with Crippen molar-refractivity contribution in [3.8, 4) is 6.07 Å². The highest BCUT2D eigenvalue weighted by molar-refractivity contribution is 5.97. The fraction of sp³-hybridized carbons (Fsp3) is 0.609. The van der Waals surface area contributed by atoms with E-state index in [0.717, 1.165) is 4.40 Å². The average molecular weight is 484 g/mol. The van der Waals surface area contributed by atoms with Crippen LogP contribution in [0.5, 0.6) is 0 Å². The second kappa shape index (κ2) is 9.13. The molecule has 4 rings (SSSR count). The average Bonchev–Trinajstić information content (AvgIpc) is 3.14. The molecular weight excluding hydrogens is 459 g/mol. The number of rotatable bonds is 4. The number of amides is 1. The second-order valence-corrected chi connectivity index (χ2v) is 9.11. The van der Waals surface area contributed by atoms with E-state index in [4.69, 9.17) is 4.74 Å². The molecule has 2 aliphatic rings. The fourth-order valence-corrected chi connectivity index (χ4v) is 4.82. The highest BCUT2D eigenvalue weighted by Crippen LogP contribution is 2.40. The lowest BCUT2D eigenvalue weighted by Crippen LogP contribution is -2.39. The van der Waals surface area contributed by atoms with E-state index < -0.39 is 23.7 Å². The maximum Gasteiger partial charge on any atom is 0.435 e. The van der Waals surface area contributed by atoms with E-state index in [9.17, 15) is 32.0 Å². The van der Waals surface area contributed by atoms with Gasteiger partial charge in [-0.1, -0.05) is 0 Å². The Morgan fingerprint density at radius 2 is 1.91 bits per heavy atom. The molecule has 0 radical (unpaired) electrons. The van der Waals surface area contributed by atoms with Crippen molar-refractivity contribution in [2.45, 2.75) is 70.0 Å². The van der Waals surface area contributed by atoms with Crippen molar-refractivity contribution in [3.05, 3.63) is 34.3 Å². The Bertz CT molecular complexity index is 1120. The first kappa shape index (κ1) is 24.4. The summed E-state index contributed by atoms with van der Waals surface area (Å²) in [5.41, 5.74) is -1.34. The van der Waals surface area contributed by atoms with Crippen LogP contribution in [0.4, 0.5) is 22.0 Å². The Morgan fingerprint density at radius 3 is 2.50 bits per heavy atom. The molecule has 0 unspecified atom stereocenters. The van der Waals surface area contributed by atoms with Gasteiger partial charge in [-0.05, 0) is 56.6 Å². The predicted octanol–water partition coefficient (Wildman–Crippen LogP) is 4.81. The van der Waals surface area contributed by atoms with Crippen LogP contribution in [-0.4, -0.2) is 40.5 Å². The lowest BCUT2D eigenvalue weighted by atomic mass is 9.83. The molecule has 0 bridgehead atoms. The Hall–Kier alpha value is -2.74. The number of nitrogens with zero attached hydrogens (tertiary/aromatic N) is 3. The van der Waals surface area contributed by atoms with E-state index in [2.05, 4.69) is 10.3 Å². The Labute approximate surface area is 193 Å². The molecule has 2 fully saturated rings. The van der Waals surface area contributed by atoms with Crippen LogP contribution in [0.1, 0.15) is 71.5 Å². The third-order valence-electron chi connectivity index (χ3n) is 6.75. The smallest absolute Gasteiger partial charge is 0.381 e. The number of aromatic nitrogens is 2. The zero-order valence-corrected chi connectivity index (χ0v) is 18.6. The molecule has 1 N–H and O–H groups in total. The molecular formula is C23H25F5N4O2. The first-order chi connectivity index (χ1) is 16.0. The number of carbonyl (C=O) groups excluding carboxylic acids is 1.